The lowest BCUT2D eigenvalue weighted by atomic mass is 10.1. The van der Waals surface area contributed by atoms with Gasteiger partial charge in [-0.05, 0) is 54.4 Å². The van der Waals surface area contributed by atoms with Crippen LogP contribution in [0.3, 0.4) is 0 Å². The molecule has 0 atom stereocenters. The van der Waals surface area contributed by atoms with Crippen molar-refractivity contribution in [2.75, 3.05) is 0 Å². The van der Waals surface area contributed by atoms with Crippen molar-refractivity contribution in [2.24, 2.45) is 0 Å². The summed E-state index contributed by atoms with van der Waals surface area (Å²) in [6.45, 7) is 0. The summed E-state index contributed by atoms with van der Waals surface area (Å²) in [5, 5.41) is 10.1. The van der Waals surface area contributed by atoms with E-state index in [1.54, 1.807) is 36.4 Å². The number of aliphatic carboxylic acids is 1. The Hall–Kier alpha value is -2.55. The summed E-state index contributed by atoms with van der Waals surface area (Å²) in [6.07, 6.45) is 3.11. The van der Waals surface area contributed by atoms with Crippen molar-refractivity contribution >= 4 is 49.8 Å². The van der Waals surface area contributed by atoms with Crippen LogP contribution in [0.25, 0.3) is 21.5 Å². The number of aromatic nitrogens is 1. The number of benzene rings is 1. The zero-order valence-corrected chi connectivity index (χ0v) is 16.7. The van der Waals surface area contributed by atoms with Crippen LogP contribution >= 0.6 is 22.9 Å². The maximum absolute atomic E-state index is 13.3. The van der Waals surface area contributed by atoms with Gasteiger partial charge in [0.1, 0.15) is 9.97 Å². The molecule has 4 rings (SSSR count). The Bertz CT molecular complexity index is 1270. The van der Waals surface area contributed by atoms with Crippen molar-refractivity contribution in [3.63, 3.8) is 0 Å². The number of carboxylic acids is 1. The lowest BCUT2D eigenvalue weighted by molar-refractivity contribution is -0.136. The lowest BCUT2D eigenvalue weighted by Crippen LogP contribution is -2.10. The topological polar surface area (TPSA) is 89.5 Å². The first-order chi connectivity index (χ1) is 13.4. The first kappa shape index (κ1) is 18.8. The molecule has 0 unspecified atom stereocenters. The van der Waals surface area contributed by atoms with Crippen molar-refractivity contribution in [3.8, 4) is 10.6 Å². The van der Waals surface area contributed by atoms with E-state index in [0.29, 0.717) is 32.1 Å². The number of furan rings is 1. The molecule has 1 aromatic carbocycles. The third-order valence-electron chi connectivity index (χ3n) is 4.28. The van der Waals surface area contributed by atoms with Crippen LogP contribution in [-0.4, -0.2) is 23.5 Å². The van der Waals surface area contributed by atoms with Gasteiger partial charge in [0.15, 0.2) is 0 Å². The normalized spacial score (nSPS) is 11.9. The van der Waals surface area contributed by atoms with Crippen LogP contribution in [0.2, 0.25) is 5.02 Å². The van der Waals surface area contributed by atoms with Gasteiger partial charge in [-0.1, -0.05) is 11.6 Å². The minimum Gasteiger partial charge on any atom is -0.481 e. The molecule has 4 aromatic rings. The van der Waals surface area contributed by atoms with Gasteiger partial charge in [0.2, 0.25) is 0 Å². The molecule has 0 amide bonds. The number of hydrogen-bond donors (Lipinski definition) is 1. The Kier molecular flexibility index (Phi) is 4.78. The highest BCUT2D eigenvalue weighted by molar-refractivity contribution is 7.92. The first-order valence-electron chi connectivity index (χ1n) is 8.27. The van der Waals surface area contributed by atoms with E-state index >= 15 is 0 Å². The summed E-state index contributed by atoms with van der Waals surface area (Å²) in [5.41, 5.74) is 1.07. The number of nitrogens with zero attached hydrogens (tertiary/aromatic N) is 1. The fourth-order valence-corrected chi connectivity index (χ4v) is 5.91. The van der Waals surface area contributed by atoms with Gasteiger partial charge in [-0.2, -0.15) is 8.42 Å². The second-order valence-electron chi connectivity index (χ2n) is 6.11. The fourth-order valence-electron chi connectivity index (χ4n) is 2.98. The molecular formula is C19H14ClNO5S2. The van der Waals surface area contributed by atoms with E-state index in [-0.39, 0.29) is 17.1 Å². The fraction of sp³-hybridized carbons (Fsp3) is 0.105. The number of fused-ring (bicyclic) bond motifs is 1. The highest BCUT2D eigenvalue weighted by Crippen LogP contribution is 2.34. The maximum atomic E-state index is 13.3. The third kappa shape index (κ3) is 3.34. The summed E-state index contributed by atoms with van der Waals surface area (Å²) < 4.78 is 33.2. The molecule has 1 N–H and O–H groups in total. The summed E-state index contributed by atoms with van der Waals surface area (Å²) in [7, 11) is -3.86. The molecule has 0 fully saturated rings. The monoisotopic (exact) mass is 435 g/mol. The predicted octanol–water partition coefficient (Wildman–Crippen LogP) is 4.87. The average molecular weight is 436 g/mol. The summed E-state index contributed by atoms with van der Waals surface area (Å²) in [5.74, 6) is -0.357. The summed E-state index contributed by atoms with van der Waals surface area (Å²) in [4.78, 5) is 11.7. The van der Waals surface area contributed by atoms with Gasteiger partial charge in [-0.15, -0.1) is 11.3 Å². The number of rotatable bonds is 6. The molecular weight excluding hydrogens is 422 g/mol. The van der Waals surface area contributed by atoms with Gasteiger partial charge in [-0.3, -0.25) is 4.79 Å². The van der Waals surface area contributed by atoms with Crippen molar-refractivity contribution in [1.29, 1.82) is 0 Å². The SMILES string of the molecule is O=C(O)CCc1cn(S(=O)(=O)c2ccc(-c3ccco3)s2)c2ccc(Cl)cc12. The van der Waals surface area contributed by atoms with Gasteiger partial charge in [0, 0.05) is 23.0 Å². The number of thiophene rings is 1. The van der Waals surface area contributed by atoms with E-state index in [1.165, 1.54) is 22.5 Å². The lowest BCUT2D eigenvalue weighted by Gasteiger charge is -2.05. The Morgan fingerprint density at radius 1 is 1.21 bits per heavy atom. The molecule has 0 aliphatic rings. The van der Waals surface area contributed by atoms with Crippen LogP contribution in [0.15, 0.2) is 63.6 Å². The summed E-state index contributed by atoms with van der Waals surface area (Å²) >= 11 is 7.18. The van der Waals surface area contributed by atoms with Crippen LogP contribution < -0.4 is 0 Å². The van der Waals surface area contributed by atoms with E-state index < -0.39 is 16.0 Å². The van der Waals surface area contributed by atoms with Gasteiger partial charge in [0.05, 0.1) is 16.7 Å². The average Bonchev–Trinajstić information content (AvgIpc) is 3.38. The Morgan fingerprint density at radius 2 is 2.04 bits per heavy atom. The minimum atomic E-state index is -3.86. The molecule has 0 bridgehead atoms. The van der Waals surface area contributed by atoms with Crippen molar-refractivity contribution < 1.29 is 22.7 Å². The molecule has 28 heavy (non-hydrogen) atoms. The summed E-state index contributed by atoms with van der Waals surface area (Å²) in [6, 6.07) is 11.6. The van der Waals surface area contributed by atoms with E-state index in [9.17, 15) is 13.2 Å². The van der Waals surface area contributed by atoms with E-state index in [0.717, 1.165) is 11.3 Å². The molecule has 0 saturated carbocycles. The van der Waals surface area contributed by atoms with Crippen molar-refractivity contribution in [2.45, 2.75) is 17.1 Å². The number of halogens is 1. The Labute approximate surface area is 169 Å². The largest absolute Gasteiger partial charge is 0.481 e. The Morgan fingerprint density at radius 3 is 2.75 bits per heavy atom. The van der Waals surface area contributed by atoms with Crippen molar-refractivity contribution in [1.82, 2.24) is 3.97 Å². The Balaban J connectivity index is 1.82. The zero-order valence-electron chi connectivity index (χ0n) is 14.3. The standard InChI is InChI=1S/C19H14ClNO5S2/c20-13-4-5-15-14(10-13)12(3-7-18(22)23)11-21(15)28(24,25)19-8-6-17(27-19)16-2-1-9-26-16/h1-2,4-6,8-11H,3,7H2,(H,22,23). The highest BCUT2D eigenvalue weighted by atomic mass is 35.5. The molecule has 0 saturated heterocycles. The second kappa shape index (κ2) is 7.12. The third-order valence-corrected chi connectivity index (χ3v) is 7.76. The van der Waals surface area contributed by atoms with Crippen LogP contribution in [0.4, 0.5) is 0 Å². The zero-order chi connectivity index (χ0) is 19.9. The first-order valence-corrected chi connectivity index (χ1v) is 10.9. The molecule has 3 aromatic heterocycles. The molecule has 0 aliphatic carbocycles. The van der Waals surface area contributed by atoms with Crippen LogP contribution in [-0.2, 0) is 21.2 Å². The van der Waals surface area contributed by atoms with Gasteiger partial charge in [-0.25, -0.2) is 3.97 Å². The molecule has 0 spiro atoms. The maximum Gasteiger partial charge on any atom is 0.303 e. The molecule has 0 radical (unpaired) electrons. The van der Waals surface area contributed by atoms with Gasteiger partial charge >= 0.3 is 5.97 Å². The predicted molar refractivity (Wildman–Crippen MR) is 108 cm³/mol. The van der Waals surface area contributed by atoms with E-state index in [2.05, 4.69) is 0 Å². The van der Waals surface area contributed by atoms with E-state index in [4.69, 9.17) is 21.1 Å². The number of hydrogen-bond acceptors (Lipinski definition) is 5. The molecule has 3 heterocycles. The quantitative estimate of drug-likeness (QED) is 0.466. The van der Waals surface area contributed by atoms with Crippen LogP contribution in [0.5, 0.6) is 0 Å². The minimum absolute atomic E-state index is 0.104. The van der Waals surface area contributed by atoms with Crippen LogP contribution in [0, 0.1) is 0 Å². The smallest absolute Gasteiger partial charge is 0.303 e. The van der Waals surface area contributed by atoms with Crippen LogP contribution in [0.1, 0.15) is 12.0 Å². The number of carbonyl (C=O) groups is 1. The molecule has 144 valence electrons. The van der Waals surface area contributed by atoms with E-state index in [1.807, 2.05) is 0 Å². The molecule has 0 aliphatic heterocycles. The molecule has 6 nitrogen and oxygen atoms in total. The van der Waals surface area contributed by atoms with Gasteiger partial charge in [0.25, 0.3) is 10.0 Å². The van der Waals surface area contributed by atoms with Crippen molar-refractivity contribution in [3.05, 3.63) is 65.5 Å². The molecule has 9 heteroatoms. The number of carboxylic acid groups (broad SMARTS) is 1. The highest BCUT2D eigenvalue weighted by Gasteiger charge is 2.24. The number of aryl methyl sites for hydroxylation is 1. The van der Waals surface area contributed by atoms with Gasteiger partial charge < -0.3 is 9.52 Å². The second-order valence-corrected chi connectivity index (χ2v) is 9.67.